The topological polar surface area (TPSA) is 61.4 Å². The maximum Gasteiger partial charge on any atom is 0.256 e. The van der Waals surface area contributed by atoms with Crippen molar-refractivity contribution in [2.45, 2.75) is 45.2 Å². The van der Waals surface area contributed by atoms with E-state index in [0.29, 0.717) is 22.3 Å². The smallest absolute Gasteiger partial charge is 0.256 e. The van der Waals surface area contributed by atoms with E-state index >= 15 is 0 Å². The summed E-state index contributed by atoms with van der Waals surface area (Å²) in [5.74, 6) is -2.27. The lowest BCUT2D eigenvalue weighted by Gasteiger charge is -2.39. The quantitative estimate of drug-likeness (QED) is 0.689. The molecule has 0 bridgehead atoms. The van der Waals surface area contributed by atoms with E-state index in [-0.39, 0.29) is 30.2 Å². The van der Waals surface area contributed by atoms with Crippen molar-refractivity contribution in [2.24, 2.45) is 0 Å². The normalized spacial score (nSPS) is 18.8. The van der Waals surface area contributed by atoms with E-state index in [2.05, 4.69) is 10.6 Å². The highest BCUT2D eigenvalue weighted by Gasteiger charge is 2.31. The molecule has 3 rings (SSSR count). The lowest BCUT2D eigenvalue weighted by atomic mass is 9.96. The van der Waals surface area contributed by atoms with Gasteiger partial charge in [-0.1, -0.05) is 11.6 Å². The van der Waals surface area contributed by atoms with Gasteiger partial charge in [-0.05, 0) is 63.4 Å². The molecule has 0 aliphatic carbocycles. The van der Waals surface area contributed by atoms with Gasteiger partial charge in [0.05, 0.1) is 17.8 Å². The summed E-state index contributed by atoms with van der Waals surface area (Å²) in [6, 6.07) is 7.97. The Hall–Kier alpha value is -2.67. The lowest BCUT2D eigenvalue weighted by Crippen LogP contribution is -2.47. The largest absolute Gasteiger partial charge is 0.375 e. The second kappa shape index (κ2) is 9.43. The third kappa shape index (κ3) is 5.08. The second-order valence-electron chi connectivity index (χ2n) is 7.56. The van der Waals surface area contributed by atoms with Crippen LogP contribution in [0, 0.1) is 11.6 Å². The molecule has 1 aliphatic heterocycles. The minimum atomic E-state index is -0.862. The molecule has 2 amide bonds. The maximum atomic E-state index is 13.7. The number of rotatable bonds is 5. The van der Waals surface area contributed by atoms with E-state index in [4.69, 9.17) is 11.6 Å². The highest BCUT2D eigenvalue weighted by Crippen LogP contribution is 2.28. The number of carbonyl (C=O) groups excluding carboxylic acids is 2. The SMILES string of the molecule is C[C@@H]1CCC[C@@H](C)N1C(=O)c1cc(Cl)ccc1NCC(=O)Nc1ccc(F)cc1F. The lowest BCUT2D eigenvalue weighted by molar-refractivity contribution is -0.114. The summed E-state index contributed by atoms with van der Waals surface area (Å²) in [7, 11) is 0. The van der Waals surface area contributed by atoms with Gasteiger partial charge in [-0.25, -0.2) is 8.78 Å². The zero-order valence-electron chi connectivity index (χ0n) is 16.8. The van der Waals surface area contributed by atoms with E-state index in [1.165, 1.54) is 0 Å². The predicted octanol–water partition coefficient (Wildman–Crippen LogP) is 5.07. The number of carbonyl (C=O) groups is 2. The molecule has 1 saturated heterocycles. The molecule has 0 aromatic heterocycles. The number of hydrogen-bond donors (Lipinski definition) is 2. The molecule has 2 N–H and O–H groups in total. The van der Waals surface area contributed by atoms with Crippen LogP contribution in [0.25, 0.3) is 0 Å². The molecule has 0 unspecified atom stereocenters. The van der Waals surface area contributed by atoms with Gasteiger partial charge in [0.25, 0.3) is 5.91 Å². The number of nitrogens with zero attached hydrogens (tertiary/aromatic N) is 1. The fraction of sp³-hybridized carbons (Fsp3) is 0.364. The minimum absolute atomic E-state index is 0.109. The first-order valence-corrected chi connectivity index (χ1v) is 10.2. The molecule has 0 saturated carbocycles. The monoisotopic (exact) mass is 435 g/mol. The molecule has 8 heteroatoms. The molecule has 1 aliphatic rings. The van der Waals surface area contributed by atoms with E-state index in [0.717, 1.165) is 31.4 Å². The maximum absolute atomic E-state index is 13.7. The van der Waals surface area contributed by atoms with Crippen molar-refractivity contribution in [3.63, 3.8) is 0 Å². The van der Waals surface area contributed by atoms with Crippen LogP contribution in [0.2, 0.25) is 5.02 Å². The molecule has 0 radical (unpaired) electrons. The summed E-state index contributed by atoms with van der Waals surface area (Å²) < 4.78 is 26.7. The number of benzene rings is 2. The van der Waals surface area contributed by atoms with Crippen LogP contribution in [0.4, 0.5) is 20.2 Å². The average molecular weight is 436 g/mol. The summed E-state index contributed by atoms with van der Waals surface area (Å²) in [5.41, 5.74) is 0.722. The van der Waals surface area contributed by atoms with Gasteiger partial charge in [0.2, 0.25) is 5.91 Å². The molecule has 30 heavy (non-hydrogen) atoms. The first-order valence-electron chi connectivity index (χ1n) is 9.87. The summed E-state index contributed by atoms with van der Waals surface area (Å²) in [6.45, 7) is 3.84. The highest BCUT2D eigenvalue weighted by atomic mass is 35.5. The molecule has 2 atom stereocenters. The van der Waals surface area contributed by atoms with E-state index in [9.17, 15) is 18.4 Å². The molecule has 5 nitrogen and oxygen atoms in total. The van der Waals surface area contributed by atoms with Crippen molar-refractivity contribution in [2.75, 3.05) is 17.2 Å². The van der Waals surface area contributed by atoms with Gasteiger partial charge in [-0.2, -0.15) is 0 Å². The van der Waals surface area contributed by atoms with Crippen LogP contribution in [0.15, 0.2) is 36.4 Å². The molecule has 160 valence electrons. The molecule has 2 aromatic carbocycles. The Labute approximate surface area is 179 Å². The molecule has 1 fully saturated rings. The number of nitrogens with one attached hydrogen (secondary N) is 2. The van der Waals surface area contributed by atoms with Crippen molar-refractivity contribution in [1.29, 1.82) is 0 Å². The van der Waals surface area contributed by atoms with Gasteiger partial charge in [0.1, 0.15) is 11.6 Å². The summed E-state index contributed by atoms with van der Waals surface area (Å²) in [4.78, 5) is 27.3. The molecule has 0 spiro atoms. The molecule has 2 aromatic rings. The Morgan fingerprint density at radius 2 is 1.73 bits per heavy atom. The zero-order chi connectivity index (χ0) is 21.8. The van der Waals surface area contributed by atoms with Crippen LogP contribution in [0.1, 0.15) is 43.5 Å². The van der Waals surface area contributed by atoms with Gasteiger partial charge >= 0.3 is 0 Å². The van der Waals surface area contributed by atoms with Crippen LogP contribution in [-0.2, 0) is 4.79 Å². The average Bonchev–Trinajstić information content (AvgIpc) is 2.69. The number of piperidine rings is 1. The van der Waals surface area contributed by atoms with E-state index < -0.39 is 17.5 Å². The third-order valence-electron chi connectivity index (χ3n) is 5.28. The van der Waals surface area contributed by atoms with Crippen LogP contribution in [-0.4, -0.2) is 35.3 Å². The Bertz CT molecular complexity index is 944. The van der Waals surface area contributed by atoms with Crippen molar-refractivity contribution in [3.05, 3.63) is 58.6 Å². The van der Waals surface area contributed by atoms with Crippen LogP contribution in [0.5, 0.6) is 0 Å². The van der Waals surface area contributed by atoms with Crippen molar-refractivity contribution in [1.82, 2.24) is 4.90 Å². The highest BCUT2D eigenvalue weighted by molar-refractivity contribution is 6.31. The van der Waals surface area contributed by atoms with Crippen molar-refractivity contribution < 1.29 is 18.4 Å². The van der Waals surface area contributed by atoms with Gasteiger partial charge in [-0.3, -0.25) is 9.59 Å². The standard InChI is InChI=1S/C22H24ClF2N3O2/c1-13-4-3-5-14(2)28(13)22(30)17-10-15(23)6-8-19(17)26-12-21(29)27-20-9-7-16(24)11-18(20)25/h6-11,13-14,26H,3-5,12H2,1-2H3,(H,27,29)/t13-,14-/m1/s1. The number of amides is 2. The van der Waals surface area contributed by atoms with Crippen LogP contribution >= 0.6 is 11.6 Å². The van der Waals surface area contributed by atoms with Crippen LogP contribution in [0.3, 0.4) is 0 Å². The number of anilines is 2. The Morgan fingerprint density at radius 3 is 2.40 bits per heavy atom. The molecule has 1 heterocycles. The van der Waals surface area contributed by atoms with Gasteiger partial charge < -0.3 is 15.5 Å². The van der Waals surface area contributed by atoms with Crippen LogP contribution < -0.4 is 10.6 Å². The minimum Gasteiger partial charge on any atom is -0.375 e. The molecular weight excluding hydrogens is 412 g/mol. The third-order valence-corrected chi connectivity index (χ3v) is 5.52. The Kier molecular flexibility index (Phi) is 6.92. The number of hydrogen-bond acceptors (Lipinski definition) is 3. The zero-order valence-corrected chi connectivity index (χ0v) is 17.6. The fourth-order valence-corrected chi connectivity index (χ4v) is 3.94. The van der Waals surface area contributed by atoms with Gasteiger partial charge in [0, 0.05) is 28.9 Å². The summed E-state index contributed by atoms with van der Waals surface area (Å²) in [5, 5.41) is 5.72. The van der Waals surface area contributed by atoms with Gasteiger partial charge in [-0.15, -0.1) is 0 Å². The number of halogens is 3. The summed E-state index contributed by atoms with van der Waals surface area (Å²) in [6.07, 6.45) is 2.95. The van der Waals surface area contributed by atoms with E-state index in [1.807, 2.05) is 18.7 Å². The first-order chi connectivity index (χ1) is 14.3. The summed E-state index contributed by atoms with van der Waals surface area (Å²) >= 11 is 6.12. The second-order valence-corrected chi connectivity index (χ2v) is 7.99. The predicted molar refractivity (Wildman–Crippen MR) is 114 cm³/mol. The number of likely N-dealkylation sites (tertiary alicyclic amines) is 1. The van der Waals surface area contributed by atoms with Gasteiger partial charge in [0.15, 0.2) is 0 Å². The fourth-order valence-electron chi connectivity index (χ4n) is 3.77. The molecular formula is C22H24ClF2N3O2. The Morgan fingerprint density at radius 1 is 1.07 bits per heavy atom. The van der Waals surface area contributed by atoms with E-state index in [1.54, 1.807) is 18.2 Å². The Balaban J connectivity index is 1.73. The first kappa shape index (κ1) is 22.0. The van der Waals surface area contributed by atoms with Crippen molar-refractivity contribution >= 4 is 34.8 Å². The van der Waals surface area contributed by atoms with Crippen molar-refractivity contribution in [3.8, 4) is 0 Å².